The first kappa shape index (κ1) is 17.2. The predicted octanol–water partition coefficient (Wildman–Crippen LogP) is 2.66. The van der Waals surface area contributed by atoms with Crippen molar-refractivity contribution in [2.75, 3.05) is 19.6 Å². The second-order valence-corrected chi connectivity index (χ2v) is 6.51. The van der Waals surface area contributed by atoms with Crippen molar-refractivity contribution < 1.29 is 9.59 Å². The fourth-order valence-electron chi connectivity index (χ4n) is 3.23. The van der Waals surface area contributed by atoms with E-state index >= 15 is 0 Å². The third-order valence-electron chi connectivity index (χ3n) is 4.77. The van der Waals surface area contributed by atoms with Crippen molar-refractivity contribution in [2.45, 2.75) is 26.3 Å². The van der Waals surface area contributed by atoms with Crippen LogP contribution in [-0.4, -0.2) is 41.2 Å². The summed E-state index contributed by atoms with van der Waals surface area (Å²) in [5.41, 5.74) is 3.70. The number of hydrogen-bond donors (Lipinski definition) is 0. The summed E-state index contributed by atoms with van der Waals surface area (Å²) in [5, 5.41) is 0. The molecule has 0 spiro atoms. The van der Waals surface area contributed by atoms with Gasteiger partial charge in [-0.15, -0.1) is 0 Å². The summed E-state index contributed by atoms with van der Waals surface area (Å²) in [5.74, 6) is -0.0283. The van der Waals surface area contributed by atoms with Crippen LogP contribution in [0, 0.1) is 0 Å². The highest BCUT2D eigenvalue weighted by Gasteiger charge is 2.23. The van der Waals surface area contributed by atoms with Crippen LogP contribution >= 0.6 is 0 Å². The lowest BCUT2D eigenvalue weighted by atomic mass is 10.00. The molecule has 0 radical (unpaired) electrons. The molecule has 4 heteroatoms. The van der Waals surface area contributed by atoms with E-state index in [4.69, 9.17) is 0 Å². The summed E-state index contributed by atoms with van der Waals surface area (Å²) in [6.45, 7) is 3.61. The molecule has 1 aliphatic heterocycles. The Hall–Kier alpha value is -2.62. The van der Waals surface area contributed by atoms with Gasteiger partial charge in [-0.25, -0.2) is 0 Å². The van der Waals surface area contributed by atoms with E-state index < -0.39 is 0 Å². The summed E-state index contributed by atoms with van der Waals surface area (Å²) < 4.78 is 0. The van der Waals surface area contributed by atoms with Crippen LogP contribution in [0.5, 0.6) is 0 Å². The van der Waals surface area contributed by atoms with Crippen molar-refractivity contribution in [3.8, 4) is 0 Å². The zero-order chi connectivity index (χ0) is 17.6. The lowest BCUT2D eigenvalue weighted by Gasteiger charge is -2.31. The Balaban J connectivity index is 1.58. The molecule has 2 aromatic rings. The Morgan fingerprint density at radius 2 is 1.68 bits per heavy atom. The molecule has 0 unspecified atom stereocenters. The Morgan fingerprint density at radius 1 is 1.00 bits per heavy atom. The number of nitrogens with zero attached hydrogens (tertiary/aromatic N) is 2. The number of amides is 2. The van der Waals surface area contributed by atoms with Crippen LogP contribution in [0.25, 0.3) is 0 Å². The molecule has 4 nitrogen and oxygen atoms in total. The highest BCUT2D eigenvalue weighted by Crippen LogP contribution is 2.18. The van der Waals surface area contributed by atoms with Gasteiger partial charge in [-0.1, -0.05) is 54.6 Å². The first-order chi connectivity index (χ1) is 12.1. The molecule has 0 saturated heterocycles. The highest BCUT2D eigenvalue weighted by atomic mass is 16.2. The van der Waals surface area contributed by atoms with Gasteiger partial charge in [0.25, 0.3) is 0 Å². The maximum atomic E-state index is 12.7. The average molecular weight is 336 g/mol. The molecule has 0 aliphatic carbocycles. The lowest BCUT2D eigenvalue weighted by Crippen LogP contribution is -2.44. The SMILES string of the molecule is CC(=O)N(CCc1ccccc1)CC(=O)N1CCc2ccccc2C1. The van der Waals surface area contributed by atoms with E-state index in [0.29, 0.717) is 13.1 Å². The van der Waals surface area contributed by atoms with E-state index in [0.717, 1.165) is 19.4 Å². The van der Waals surface area contributed by atoms with Crippen LogP contribution in [0.3, 0.4) is 0 Å². The van der Waals surface area contributed by atoms with Gasteiger partial charge in [-0.2, -0.15) is 0 Å². The van der Waals surface area contributed by atoms with Gasteiger partial charge in [0.15, 0.2) is 0 Å². The Bertz CT molecular complexity index is 743. The van der Waals surface area contributed by atoms with Crippen molar-refractivity contribution in [3.63, 3.8) is 0 Å². The van der Waals surface area contributed by atoms with E-state index in [1.807, 2.05) is 47.4 Å². The standard InChI is InChI=1S/C21H24N2O2/c1-17(24)22(13-11-18-7-3-2-4-8-18)16-21(25)23-14-12-19-9-5-6-10-20(19)15-23/h2-10H,11-16H2,1H3. The molecule has 2 amide bonds. The lowest BCUT2D eigenvalue weighted by molar-refractivity contribution is -0.140. The van der Waals surface area contributed by atoms with Crippen LogP contribution in [-0.2, 0) is 29.0 Å². The number of benzene rings is 2. The molecule has 3 rings (SSSR count). The van der Waals surface area contributed by atoms with Crippen LogP contribution in [0.15, 0.2) is 54.6 Å². The maximum Gasteiger partial charge on any atom is 0.242 e. The number of rotatable bonds is 5. The molecule has 1 aliphatic rings. The summed E-state index contributed by atoms with van der Waals surface area (Å²) >= 11 is 0. The molecule has 0 saturated carbocycles. The molecule has 0 N–H and O–H groups in total. The van der Waals surface area contributed by atoms with Crippen molar-refractivity contribution >= 4 is 11.8 Å². The Labute approximate surface area is 149 Å². The van der Waals surface area contributed by atoms with E-state index in [2.05, 4.69) is 12.1 Å². The van der Waals surface area contributed by atoms with E-state index in [-0.39, 0.29) is 18.4 Å². The second kappa shape index (κ2) is 7.97. The van der Waals surface area contributed by atoms with Gasteiger partial charge in [0, 0.05) is 26.6 Å². The van der Waals surface area contributed by atoms with Crippen LogP contribution in [0.1, 0.15) is 23.6 Å². The topological polar surface area (TPSA) is 40.6 Å². The van der Waals surface area contributed by atoms with Crippen LogP contribution in [0.4, 0.5) is 0 Å². The molecule has 0 bridgehead atoms. The third kappa shape index (κ3) is 4.47. The van der Waals surface area contributed by atoms with Gasteiger partial charge in [0.05, 0.1) is 6.54 Å². The molecule has 130 valence electrons. The quantitative estimate of drug-likeness (QED) is 0.842. The number of fused-ring (bicyclic) bond motifs is 1. The second-order valence-electron chi connectivity index (χ2n) is 6.51. The predicted molar refractivity (Wildman–Crippen MR) is 98.0 cm³/mol. The third-order valence-corrected chi connectivity index (χ3v) is 4.77. The molecule has 0 atom stereocenters. The molecule has 0 aromatic heterocycles. The molecule has 2 aromatic carbocycles. The summed E-state index contributed by atoms with van der Waals surface area (Å²) in [7, 11) is 0. The zero-order valence-electron chi connectivity index (χ0n) is 14.6. The van der Waals surface area contributed by atoms with Gasteiger partial charge < -0.3 is 9.80 Å². The molecule has 0 fully saturated rings. The smallest absolute Gasteiger partial charge is 0.242 e. The monoisotopic (exact) mass is 336 g/mol. The normalized spacial score (nSPS) is 13.2. The number of carbonyl (C=O) groups excluding carboxylic acids is 2. The summed E-state index contributed by atoms with van der Waals surface area (Å²) in [4.78, 5) is 28.1. The number of carbonyl (C=O) groups is 2. The van der Waals surface area contributed by atoms with E-state index in [1.54, 1.807) is 4.90 Å². The van der Waals surface area contributed by atoms with E-state index in [9.17, 15) is 9.59 Å². The van der Waals surface area contributed by atoms with Crippen LogP contribution in [0.2, 0.25) is 0 Å². The first-order valence-corrected chi connectivity index (χ1v) is 8.77. The van der Waals surface area contributed by atoms with E-state index in [1.165, 1.54) is 23.6 Å². The summed E-state index contributed by atoms with van der Waals surface area (Å²) in [6, 6.07) is 18.3. The minimum Gasteiger partial charge on any atom is -0.336 e. The molecule has 1 heterocycles. The van der Waals surface area contributed by atoms with Gasteiger partial charge in [-0.3, -0.25) is 9.59 Å². The highest BCUT2D eigenvalue weighted by molar-refractivity contribution is 5.84. The number of hydrogen-bond acceptors (Lipinski definition) is 2. The molecular formula is C21H24N2O2. The van der Waals surface area contributed by atoms with Crippen molar-refractivity contribution in [3.05, 3.63) is 71.3 Å². The summed E-state index contributed by atoms with van der Waals surface area (Å²) in [6.07, 6.45) is 1.64. The Kier molecular flexibility index (Phi) is 5.49. The maximum absolute atomic E-state index is 12.7. The fraction of sp³-hybridized carbons (Fsp3) is 0.333. The van der Waals surface area contributed by atoms with Crippen molar-refractivity contribution in [1.29, 1.82) is 0 Å². The van der Waals surface area contributed by atoms with Crippen LogP contribution < -0.4 is 0 Å². The molecular weight excluding hydrogens is 312 g/mol. The zero-order valence-corrected chi connectivity index (χ0v) is 14.6. The fourth-order valence-corrected chi connectivity index (χ4v) is 3.23. The van der Waals surface area contributed by atoms with Gasteiger partial charge >= 0.3 is 0 Å². The van der Waals surface area contributed by atoms with Gasteiger partial charge in [0.1, 0.15) is 0 Å². The molecule has 25 heavy (non-hydrogen) atoms. The average Bonchev–Trinajstić information content (AvgIpc) is 2.65. The van der Waals surface area contributed by atoms with Crippen molar-refractivity contribution in [1.82, 2.24) is 9.80 Å². The first-order valence-electron chi connectivity index (χ1n) is 8.77. The largest absolute Gasteiger partial charge is 0.336 e. The van der Waals surface area contributed by atoms with Gasteiger partial charge in [0.2, 0.25) is 11.8 Å². The minimum atomic E-state index is -0.0540. The Morgan fingerprint density at radius 3 is 2.40 bits per heavy atom. The minimum absolute atomic E-state index is 0.0257. The van der Waals surface area contributed by atoms with Gasteiger partial charge in [-0.05, 0) is 29.5 Å². The van der Waals surface area contributed by atoms with Crippen molar-refractivity contribution in [2.24, 2.45) is 0 Å².